The molecule has 0 amide bonds. The maximum Gasteiger partial charge on any atom is 0.418 e. The number of benzene rings is 1. The molecule has 1 aromatic carbocycles. The van der Waals surface area contributed by atoms with Crippen molar-refractivity contribution < 1.29 is 13.2 Å². The van der Waals surface area contributed by atoms with Gasteiger partial charge in [0.1, 0.15) is 6.33 Å². The summed E-state index contributed by atoms with van der Waals surface area (Å²) in [6.07, 6.45) is -0.380. The molecular weight excluding hydrogens is 403 g/mol. The van der Waals surface area contributed by atoms with Crippen LogP contribution >= 0.6 is 11.8 Å². The summed E-state index contributed by atoms with van der Waals surface area (Å²) in [6, 6.07) is 9.35. The highest BCUT2D eigenvalue weighted by atomic mass is 32.2. The number of hydrogen-bond donors (Lipinski definition) is 0. The molecule has 1 atom stereocenters. The number of pyridine rings is 1. The zero-order valence-electron chi connectivity index (χ0n) is 15.5. The number of alkyl halides is 3. The SMILES string of the molecule is C[C@@H](Sc1nncn1C)c1cccc(-n2cc3c(C(F)(F)F)cccn3c2=O)c1. The summed E-state index contributed by atoms with van der Waals surface area (Å²) >= 11 is 1.50. The fourth-order valence-corrected chi connectivity index (χ4v) is 3.98. The molecule has 0 spiro atoms. The van der Waals surface area contributed by atoms with Gasteiger partial charge in [-0.1, -0.05) is 23.9 Å². The molecule has 0 fully saturated rings. The largest absolute Gasteiger partial charge is 0.418 e. The Morgan fingerprint density at radius 2 is 1.97 bits per heavy atom. The predicted octanol–water partition coefficient (Wildman–Crippen LogP) is 4.09. The Labute approximate surface area is 167 Å². The van der Waals surface area contributed by atoms with Gasteiger partial charge in [0.25, 0.3) is 0 Å². The number of nitrogens with zero attached hydrogens (tertiary/aromatic N) is 5. The van der Waals surface area contributed by atoms with Gasteiger partial charge in [0.05, 0.1) is 16.8 Å². The van der Waals surface area contributed by atoms with Crippen molar-refractivity contribution >= 4 is 17.3 Å². The van der Waals surface area contributed by atoms with Gasteiger partial charge in [-0.25, -0.2) is 4.79 Å². The number of aryl methyl sites for hydroxylation is 1. The second kappa shape index (κ2) is 7.11. The predicted molar refractivity (Wildman–Crippen MR) is 103 cm³/mol. The maximum atomic E-state index is 13.3. The zero-order valence-corrected chi connectivity index (χ0v) is 16.3. The van der Waals surface area contributed by atoms with Crippen LogP contribution in [0.2, 0.25) is 0 Å². The van der Waals surface area contributed by atoms with Gasteiger partial charge in [-0.15, -0.1) is 10.2 Å². The normalized spacial score (nSPS) is 13.1. The number of aromatic nitrogens is 5. The first kappa shape index (κ1) is 19.3. The first-order valence-electron chi connectivity index (χ1n) is 8.66. The smallest absolute Gasteiger partial charge is 0.312 e. The third-order valence-electron chi connectivity index (χ3n) is 4.57. The molecule has 0 saturated heterocycles. The van der Waals surface area contributed by atoms with E-state index in [1.54, 1.807) is 29.1 Å². The average Bonchev–Trinajstić information content (AvgIpc) is 3.24. The first-order valence-corrected chi connectivity index (χ1v) is 9.54. The Morgan fingerprint density at radius 1 is 1.17 bits per heavy atom. The average molecular weight is 419 g/mol. The molecule has 0 aliphatic heterocycles. The van der Waals surface area contributed by atoms with Gasteiger partial charge in [0.15, 0.2) is 5.16 Å². The van der Waals surface area contributed by atoms with Crippen LogP contribution in [0.1, 0.15) is 23.3 Å². The highest BCUT2D eigenvalue weighted by Gasteiger charge is 2.33. The summed E-state index contributed by atoms with van der Waals surface area (Å²) in [5, 5.41) is 8.63. The monoisotopic (exact) mass is 419 g/mol. The van der Waals surface area contributed by atoms with E-state index in [4.69, 9.17) is 0 Å². The van der Waals surface area contributed by atoms with Crippen LogP contribution in [0.4, 0.5) is 13.2 Å². The number of halogens is 3. The fourth-order valence-electron chi connectivity index (χ4n) is 3.07. The highest BCUT2D eigenvalue weighted by Crippen LogP contribution is 2.34. The van der Waals surface area contributed by atoms with Crippen molar-refractivity contribution in [3.05, 3.63) is 76.7 Å². The van der Waals surface area contributed by atoms with Gasteiger partial charge in [-0.05, 0) is 36.8 Å². The molecule has 29 heavy (non-hydrogen) atoms. The van der Waals surface area contributed by atoms with Crippen molar-refractivity contribution in [2.75, 3.05) is 0 Å². The number of thioether (sulfide) groups is 1. The molecular formula is C19H16F3N5OS. The van der Waals surface area contributed by atoms with Crippen LogP contribution in [0, 0.1) is 0 Å². The van der Waals surface area contributed by atoms with Gasteiger partial charge >= 0.3 is 11.9 Å². The quantitative estimate of drug-likeness (QED) is 0.468. The van der Waals surface area contributed by atoms with Crippen molar-refractivity contribution in [3.8, 4) is 5.69 Å². The van der Waals surface area contributed by atoms with E-state index in [-0.39, 0.29) is 10.8 Å². The Kier molecular flexibility index (Phi) is 4.73. The van der Waals surface area contributed by atoms with Gasteiger partial charge in [0, 0.05) is 24.7 Å². The van der Waals surface area contributed by atoms with E-state index in [1.807, 2.05) is 20.0 Å². The molecule has 4 rings (SSSR count). The van der Waals surface area contributed by atoms with E-state index in [0.29, 0.717) is 5.69 Å². The number of rotatable bonds is 4. The Morgan fingerprint density at radius 3 is 2.66 bits per heavy atom. The lowest BCUT2D eigenvalue weighted by Crippen LogP contribution is -2.19. The van der Waals surface area contributed by atoms with Crippen LogP contribution in [0.3, 0.4) is 0 Å². The summed E-state index contributed by atoms with van der Waals surface area (Å²) < 4.78 is 43.9. The molecule has 0 aliphatic carbocycles. The summed E-state index contributed by atoms with van der Waals surface area (Å²) in [5.74, 6) is 0. The second-order valence-electron chi connectivity index (χ2n) is 6.54. The van der Waals surface area contributed by atoms with Gasteiger partial charge in [-0.3, -0.25) is 8.97 Å². The van der Waals surface area contributed by atoms with Crippen molar-refractivity contribution in [1.82, 2.24) is 23.7 Å². The van der Waals surface area contributed by atoms with Crippen LogP contribution in [0.25, 0.3) is 11.2 Å². The molecule has 0 N–H and O–H groups in total. The van der Waals surface area contributed by atoms with Gasteiger partial charge in [0.2, 0.25) is 0 Å². The number of imidazole rings is 1. The van der Waals surface area contributed by atoms with Crippen LogP contribution in [0.5, 0.6) is 0 Å². The van der Waals surface area contributed by atoms with E-state index in [9.17, 15) is 18.0 Å². The minimum Gasteiger partial charge on any atom is -0.312 e. The summed E-state index contributed by atoms with van der Waals surface area (Å²) in [6.45, 7) is 1.99. The van der Waals surface area contributed by atoms with Crippen molar-refractivity contribution in [2.24, 2.45) is 7.05 Å². The van der Waals surface area contributed by atoms with E-state index in [1.165, 1.54) is 34.8 Å². The molecule has 3 aromatic heterocycles. The standard InChI is InChI=1S/C19H16F3N5OS/c1-12(29-17-24-23-11-25(17)2)13-5-3-6-14(9-13)27-10-16-15(19(20,21)22)7-4-8-26(16)18(27)28/h3-12H,1-2H3/t12-/m1/s1. The molecule has 0 bridgehead atoms. The maximum absolute atomic E-state index is 13.3. The van der Waals surface area contributed by atoms with Crippen molar-refractivity contribution in [1.29, 1.82) is 0 Å². The minimum absolute atomic E-state index is 0.00341. The molecule has 0 radical (unpaired) electrons. The van der Waals surface area contributed by atoms with E-state index < -0.39 is 17.4 Å². The number of fused-ring (bicyclic) bond motifs is 1. The van der Waals surface area contributed by atoms with Gasteiger partial charge < -0.3 is 4.57 Å². The second-order valence-corrected chi connectivity index (χ2v) is 7.84. The lowest BCUT2D eigenvalue weighted by Gasteiger charge is -2.12. The lowest BCUT2D eigenvalue weighted by molar-refractivity contribution is -0.136. The lowest BCUT2D eigenvalue weighted by atomic mass is 10.1. The molecule has 6 nitrogen and oxygen atoms in total. The Bertz CT molecular complexity index is 1240. The Hall–Kier alpha value is -3.01. The summed E-state index contributed by atoms with van der Waals surface area (Å²) in [4.78, 5) is 12.7. The summed E-state index contributed by atoms with van der Waals surface area (Å²) in [7, 11) is 1.84. The summed E-state index contributed by atoms with van der Waals surface area (Å²) in [5.41, 5.74) is -0.185. The highest BCUT2D eigenvalue weighted by molar-refractivity contribution is 7.99. The molecule has 3 heterocycles. The molecule has 150 valence electrons. The molecule has 0 unspecified atom stereocenters. The van der Waals surface area contributed by atoms with E-state index >= 15 is 0 Å². The van der Waals surface area contributed by atoms with E-state index in [2.05, 4.69) is 10.2 Å². The first-order chi connectivity index (χ1) is 13.8. The van der Waals surface area contributed by atoms with Gasteiger partial charge in [-0.2, -0.15) is 13.2 Å². The third-order valence-corrected chi connectivity index (χ3v) is 5.78. The van der Waals surface area contributed by atoms with E-state index in [0.717, 1.165) is 21.2 Å². The topological polar surface area (TPSA) is 57.1 Å². The van der Waals surface area contributed by atoms with Crippen molar-refractivity contribution in [3.63, 3.8) is 0 Å². The Balaban J connectivity index is 1.75. The molecule has 10 heteroatoms. The van der Waals surface area contributed by atoms with Crippen LogP contribution < -0.4 is 5.69 Å². The van der Waals surface area contributed by atoms with Crippen LogP contribution in [-0.4, -0.2) is 23.7 Å². The van der Waals surface area contributed by atoms with Crippen molar-refractivity contribution in [2.45, 2.75) is 23.5 Å². The van der Waals surface area contributed by atoms with Crippen LogP contribution in [0.15, 0.2) is 65.1 Å². The van der Waals surface area contributed by atoms with Crippen LogP contribution in [-0.2, 0) is 13.2 Å². The minimum atomic E-state index is -4.55. The third kappa shape index (κ3) is 3.55. The molecule has 0 saturated carbocycles. The zero-order chi connectivity index (χ0) is 20.8. The molecule has 4 aromatic rings. The fraction of sp³-hybridized carbons (Fsp3) is 0.211. The molecule has 0 aliphatic rings. The number of hydrogen-bond acceptors (Lipinski definition) is 4.